The number of aromatic nitrogens is 2. The minimum Gasteiger partial charge on any atom is -0.492 e. The van der Waals surface area contributed by atoms with Crippen molar-refractivity contribution in [3.05, 3.63) is 78.1 Å². The molecule has 0 amide bonds. The number of hydrogen-bond donors (Lipinski definition) is 0. The van der Waals surface area contributed by atoms with Crippen molar-refractivity contribution in [2.75, 3.05) is 39.5 Å². The first-order valence-electron chi connectivity index (χ1n) is 12.4. The number of aryl methyl sites for hydroxylation is 2. The van der Waals surface area contributed by atoms with E-state index in [-0.39, 0.29) is 0 Å². The van der Waals surface area contributed by atoms with Crippen molar-refractivity contribution in [1.29, 1.82) is 0 Å². The molecule has 0 N–H and O–H groups in total. The molecular formula is C29H33N3O2. The normalized spacial score (nSPS) is 14.5. The summed E-state index contributed by atoms with van der Waals surface area (Å²) < 4.78 is 13.6. The lowest BCUT2D eigenvalue weighted by molar-refractivity contribution is 0.0322. The zero-order valence-corrected chi connectivity index (χ0v) is 20.2. The third-order valence-corrected chi connectivity index (χ3v) is 6.73. The molecule has 0 aliphatic carbocycles. The summed E-state index contributed by atoms with van der Waals surface area (Å²) in [5.74, 6) is 0.900. The van der Waals surface area contributed by atoms with Crippen molar-refractivity contribution in [2.24, 2.45) is 0 Å². The van der Waals surface area contributed by atoms with Gasteiger partial charge < -0.3 is 14.0 Å². The standard InChI is InChI=1S/C29H33N3O2/c1-3-22-6-5-7-23(4-2)29(22)27-20-24-12-13-32(28(24)21-30-27)25-8-10-26(11-9-25)34-19-16-31-14-17-33-18-15-31/h5-13,20-21H,3-4,14-19H2,1-2H3. The van der Waals surface area contributed by atoms with Crippen LogP contribution >= 0.6 is 0 Å². The van der Waals surface area contributed by atoms with E-state index in [2.05, 4.69) is 72.0 Å². The quantitative estimate of drug-likeness (QED) is 0.350. The van der Waals surface area contributed by atoms with E-state index in [1.165, 1.54) is 22.1 Å². The van der Waals surface area contributed by atoms with Crippen molar-refractivity contribution in [1.82, 2.24) is 14.5 Å². The first kappa shape index (κ1) is 22.6. The number of ether oxygens (including phenoxy) is 2. The molecule has 1 aliphatic heterocycles. The molecule has 1 fully saturated rings. The second kappa shape index (κ2) is 10.4. The van der Waals surface area contributed by atoms with Gasteiger partial charge in [0, 0.05) is 42.5 Å². The molecular weight excluding hydrogens is 422 g/mol. The fourth-order valence-electron chi connectivity index (χ4n) is 4.79. The molecule has 2 aromatic heterocycles. The fraction of sp³-hybridized carbons (Fsp3) is 0.345. The van der Waals surface area contributed by atoms with Gasteiger partial charge in [-0.1, -0.05) is 32.0 Å². The Kier molecular flexibility index (Phi) is 6.93. The molecule has 5 heteroatoms. The van der Waals surface area contributed by atoms with Crippen LogP contribution in [0.3, 0.4) is 0 Å². The summed E-state index contributed by atoms with van der Waals surface area (Å²) in [7, 11) is 0. The average molecular weight is 456 g/mol. The van der Waals surface area contributed by atoms with Crippen LogP contribution in [0.2, 0.25) is 0 Å². The van der Waals surface area contributed by atoms with Crippen LogP contribution in [-0.4, -0.2) is 53.9 Å². The zero-order valence-electron chi connectivity index (χ0n) is 20.2. The second-order valence-corrected chi connectivity index (χ2v) is 8.77. The molecule has 5 rings (SSSR count). The van der Waals surface area contributed by atoms with Gasteiger partial charge in [-0.25, -0.2) is 0 Å². The first-order chi connectivity index (χ1) is 16.8. The monoisotopic (exact) mass is 455 g/mol. The highest BCUT2D eigenvalue weighted by atomic mass is 16.5. The zero-order chi connectivity index (χ0) is 23.3. The van der Waals surface area contributed by atoms with E-state index >= 15 is 0 Å². The summed E-state index contributed by atoms with van der Waals surface area (Å²) in [4.78, 5) is 7.28. The fourth-order valence-corrected chi connectivity index (χ4v) is 4.79. The van der Waals surface area contributed by atoms with Crippen LogP contribution in [0.4, 0.5) is 0 Å². The molecule has 0 bridgehead atoms. The minimum absolute atomic E-state index is 0.692. The number of fused-ring (bicyclic) bond motifs is 1. The van der Waals surface area contributed by atoms with Gasteiger partial charge in [0.2, 0.25) is 0 Å². The predicted molar refractivity (Wildman–Crippen MR) is 138 cm³/mol. The van der Waals surface area contributed by atoms with Gasteiger partial charge in [0.05, 0.1) is 30.6 Å². The van der Waals surface area contributed by atoms with Crippen molar-refractivity contribution >= 4 is 10.9 Å². The van der Waals surface area contributed by atoms with Crippen LogP contribution in [0.5, 0.6) is 5.75 Å². The van der Waals surface area contributed by atoms with E-state index in [1.54, 1.807) is 0 Å². The summed E-state index contributed by atoms with van der Waals surface area (Å²) in [5.41, 5.74) is 7.28. The molecule has 0 spiro atoms. The summed E-state index contributed by atoms with van der Waals surface area (Å²) in [6, 6.07) is 19.3. The number of morpholine rings is 1. The van der Waals surface area contributed by atoms with E-state index in [0.717, 1.165) is 68.3 Å². The Morgan fingerprint density at radius 1 is 0.941 bits per heavy atom. The summed E-state index contributed by atoms with van der Waals surface area (Å²) in [6.45, 7) is 9.67. The Hall–Kier alpha value is -3.15. The molecule has 34 heavy (non-hydrogen) atoms. The molecule has 0 radical (unpaired) electrons. The molecule has 0 atom stereocenters. The highest BCUT2D eigenvalue weighted by Crippen LogP contribution is 2.31. The minimum atomic E-state index is 0.692. The highest BCUT2D eigenvalue weighted by molar-refractivity contribution is 5.86. The van der Waals surface area contributed by atoms with Gasteiger partial charge in [0.15, 0.2) is 0 Å². The molecule has 2 aromatic carbocycles. The molecule has 176 valence electrons. The third kappa shape index (κ3) is 4.72. The summed E-state index contributed by atoms with van der Waals surface area (Å²) >= 11 is 0. The summed E-state index contributed by atoms with van der Waals surface area (Å²) in [5, 5.41) is 1.20. The lowest BCUT2D eigenvalue weighted by Crippen LogP contribution is -2.38. The number of benzene rings is 2. The van der Waals surface area contributed by atoms with Gasteiger partial charge in [0.25, 0.3) is 0 Å². The lowest BCUT2D eigenvalue weighted by atomic mass is 9.94. The Bertz CT molecular complexity index is 1220. The van der Waals surface area contributed by atoms with Crippen LogP contribution < -0.4 is 4.74 Å². The summed E-state index contributed by atoms with van der Waals surface area (Å²) in [6.07, 6.45) is 6.13. The van der Waals surface area contributed by atoms with Gasteiger partial charge in [-0.2, -0.15) is 0 Å². The Labute approximate surface area is 201 Å². The van der Waals surface area contributed by atoms with E-state index in [4.69, 9.17) is 14.5 Å². The molecule has 1 saturated heterocycles. The van der Waals surface area contributed by atoms with Crippen molar-refractivity contribution < 1.29 is 9.47 Å². The van der Waals surface area contributed by atoms with Crippen LogP contribution in [-0.2, 0) is 17.6 Å². The Balaban J connectivity index is 1.33. The SMILES string of the molecule is CCc1cccc(CC)c1-c1cc2ccn(-c3ccc(OCCN4CCOCC4)cc3)c2cn1. The van der Waals surface area contributed by atoms with Crippen LogP contribution in [0.1, 0.15) is 25.0 Å². The van der Waals surface area contributed by atoms with E-state index in [9.17, 15) is 0 Å². The topological polar surface area (TPSA) is 39.5 Å². The lowest BCUT2D eigenvalue weighted by Gasteiger charge is -2.26. The highest BCUT2D eigenvalue weighted by Gasteiger charge is 2.13. The maximum absolute atomic E-state index is 5.97. The Morgan fingerprint density at radius 2 is 1.68 bits per heavy atom. The maximum atomic E-state index is 5.97. The van der Waals surface area contributed by atoms with Gasteiger partial charge in [-0.15, -0.1) is 0 Å². The van der Waals surface area contributed by atoms with Gasteiger partial charge in [-0.05, 0) is 60.4 Å². The predicted octanol–water partition coefficient (Wildman–Crippen LogP) is 5.53. The number of pyridine rings is 1. The smallest absolute Gasteiger partial charge is 0.119 e. The van der Waals surface area contributed by atoms with Crippen molar-refractivity contribution in [2.45, 2.75) is 26.7 Å². The number of hydrogen-bond acceptors (Lipinski definition) is 4. The van der Waals surface area contributed by atoms with Crippen LogP contribution in [0.25, 0.3) is 27.8 Å². The Morgan fingerprint density at radius 3 is 2.38 bits per heavy atom. The largest absolute Gasteiger partial charge is 0.492 e. The van der Waals surface area contributed by atoms with Crippen molar-refractivity contribution in [3.8, 4) is 22.7 Å². The number of rotatable bonds is 8. The molecule has 0 saturated carbocycles. The number of nitrogens with zero attached hydrogens (tertiary/aromatic N) is 3. The van der Waals surface area contributed by atoms with E-state index in [0.29, 0.717) is 6.61 Å². The maximum Gasteiger partial charge on any atom is 0.119 e. The van der Waals surface area contributed by atoms with Gasteiger partial charge in [-0.3, -0.25) is 9.88 Å². The van der Waals surface area contributed by atoms with Gasteiger partial charge in [0.1, 0.15) is 12.4 Å². The van der Waals surface area contributed by atoms with E-state index in [1.807, 2.05) is 18.3 Å². The molecule has 3 heterocycles. The molecule has 5 nitrogen and oxygen atoms in total. The second-order valence-electron chi connectivity index (χ2n) is 8.77. The molecule has 0 unspecified atom stereocenters. The van der Waals surface area contributed by atoms with E-state index < -0.39 is 0 Å². The average Bonchev–Trinajstić information content (AvgIpc) is 3.32. The third-order valence-electron chi connectivity index (χ3n) is 6.73. The van der Waals surface area contributed by atoms with Crippen LogP contribution in [0.15, 0.2) is 67.0 Å². The molecule has 1 aliphatic rings. The first-order valence-corrected chi connectivity index (χ1v) is 12.4. The van der Waals surface area contributed by atoms with Gasteiger partial charge >= 0.3 is 0 Å². The van der Waals surface area contributed by atoms with Crippen LogP contribution in [0, 0.1) is 0 Å². The van der Waals surface area contributed by atoms with Crippen molar-refractivity contribution in [3.63, 3.8) is 0 Å². The molecule has 4 aromatic rings.